The summed E-state index contributed by atoms with van der Waals surface area (Å²) in [6, 6.07) is 11.9. The molecular formula is C20H23ClN4O4. The van der Waals surface area contributed by atoms with E-state index in [1.807, 2.05) is 12.1 Å². The number of nitro groups is 1. The largest absolute Gasteiger partial charge is 0.497 e. The van der Waals surface area contributed by atoms with Crippen molar-refractivity contribution in [3.63, 3.8) is 0 Å². The molecule has 9 heteroatoms. The van der Waals surface area contributed by atoms with E-state index in [0.29, 0.717) is 13.1 Å². The number of nitrogens with one attached hydrogen (secondary N) is 1. The van der Waals surface area contributed by atoms with Crippen LogP contribution in [-0.4, -0.2) is 62.1 Å². The van der Waals surface area contributed by atoms with E-state index in [2.05, 4.69) is 27.2 Å². The molecule has 1 heterocycles. The van der Waals surface area contributed by atoms with Crippen LogP contribution in [-0.2, 0) is 0 Å². The Labute approximate surface area is 174 Å². The molecule has 0 atom stereocenters. The van der Waals surface area contributed by atoms with Crippen molar-refractivity contribution >= 4 is 28.9 Å². The van der Waals surface area contributed by atoms with E-state index in [9.17, 15) is 14.9 Å². The van der Waals surface area contributed by atoms with E-state index in [4.69, 9.17) is 16.3 Å². The molecule has 8 nitrogen and oxygen atoms in total. The maximum absolute atomic E-state index is 12.3. The molecule has 1 aliphatic rings. The Bertz CT molecular complexity index is 867. The molecule has 1 amide bonds. The number of rotatable bonds is 7. The van der Waals surface area contributed by atoms with E-state index >= 15 is 0 Å². The van der Waals surface area contributed by atoms with Gasteiger partial charge in [-0.15, -0.1) is 0 Å². The van der Waals surface area contributed by atoms with Crippen LogP contribution in [0.5, 0.6) is 5.75 Å². The van der Waals surface area contributed by atoms with E-state index in [-0.39, 0.29) is 16.3 Å². The molecule has 0 bridgehead atoms. The average Bonchev–Trinajstić information content (AvgIpc) is 2.74. The van der Waals surface area contributed by atoms with Crippen molar-refractivity contribution in [1.29, 1.82) is 0 Å². The minimum absolute atomic E-state index is 0.116. The number of hydrogen-bond acceptors (Lipinski definition) is 6. The first-order chi connectivity index (χ1) is 14.0. The second-order valence-electron chi connectivity index (χ2n) is 6.70. The highest BCUT2D eigenvalue weighted by molar-refractivity contribution is 6.33. The molecule has 1 saturated heterocycles. The highest BCUT2D eigenvalue weighted by Gasteiger charge is 2.19. The number of carbonyl (C=O) groups is 1. The van der Waals surface area contributed by atoms with Gasteiger partial charge in [-0.05, 0) is 30.3 Å². The van der Waals surface area contributed by atoms with E-state index < -0.39 is 10.8 Å². The molecule has 3 rings (SSSR count). The maximum Gasteiger partial charge on any atom is 0.270 e. The monoisotopic (exact) mass is 418 g/mol. The number of amides is 1. The number of piperazine rings is 1. The Hall–Kier alpha value is -2.84. The molecule has 0 saturated carbocycles. The van der Waals surface area contributed by atoms with E-state index in [1.165, 1.54) is 23.9 Å². The van der Waals surface area contributed by atoms with Crippen LogP contribution in [0.4, 0.5) is 11.4 Å². The summed E-state index contributed by atoms with van der Waals surface area (Å²) in [5.74, 6) is 0.433. The Morgan fingerprint density at radius 3 is 2.48 bits per heavy atom. The van der Waals surface area contributed by atoms with Crippen LogP contribution in [0.1, 0.15) is 10.4 Å². The number of carbonyl (C=O) groups excluding carboxylic acids is 1. The standard InChI is InChI=1S/C20H23ClN4O4/c1-29-17-5-2-15(3-6-17)24-12-10-23(11-13-24)9-8-22-20(26)18-14-16(25(27)28)4-7-19(18)21/h2-7,14H,8-13H2,1H3,(H,22,26). The summed E-state index contributed by atoms with van der Waals surface area (Å²) in [6.45, 7) is 4.72. The first-order valence-corrected chi connectivity index (χ1v) is 9.69. The normalized spacial score (nSPS) is 14.5. The summed E-state index contributed by atoms with van der Waals surface area (Å²) in [6.07, 6.45) is 0. The van der Waals surface area contributed by atoms with Gasteiger partial charge >= 0.3 is 0 Å². The van der Waals surface area contributed by atoms with Crippen molar-refractivity contribution in [2.45, 2.75) is 0 Å². The molecule has 29 heavy (non-hydrogen) atoms. The third-order valence-corrected chi connectivity index (χ3v) is 5.26. The summed E-state index contributed by atoms with van der Waals surface area (Å²) in [7, 11) is 1.65. The smallest absolute Gasteiger partial charge is 0.270 e. The number of halogens is 1. The van der Waals surface area contributed by atoms with Gasteiger partial charge in [-0.3, -0.25) is 19.8 Å². The topological polar surface area (TPSA) is 88.0 Å². The van der Waals surface area contributed by atoms with Gasteiger partial charge in [0.15, 0.2) is 0 Å². The fourth-order valence-electron chi connectivity index (χ4n) is 3.25. The first-order valence-electron chi connectivity index (χ1n) is 9.31. The first kappa shape index (κ1) is 20.9. The number of nitrogens with zero attached hydrogens (tertiary/aromatic N) is 3. The molecule has 0 unspecified atom stereocenters. The van der Waals surface area contributed by atoms with Crippen molar-refractivity contribution in [3.8, 4) is 5.75 Å². The lowest BCUT2D eigenvalue weighted by Crippen LogP contribution is -2.48. The SMILES string of the molecule is COc1ccc(N2CCN(CCNC(=O)c3cc([N+](=O)[O-])ccc3Cl)CC2)cc1. The molecule has 1 fully saturated rings. The van der Waals surface area contributed by atoms with Gasteiger partial charge in [-0.25, -0.2) is 0 Å². The Morgan fingerprint density at radius 2 is 1.86 bits per heavy atom. The van der Waals surface area contributed by atoms with Gasteiger partial charge in [0.1, 0.15) is 5.75 Å². The molecular weight excluding hydrogens is 396 g/mol. The fourth-order valence-corrected chi connectivity index (χ4v) is 3.45. The zero-order chi connectivity index (χ0) is 20.8. The lowest BCUT2D eigenvalue weighted by atomic mass is 10.2. The van der Waals surface area contributed by atoms with Gasteiger partial charge in [-0.2, -0.15) is 0 Å². The number of methoxy groups -OCH3 is 1. The predicted octanol–water partition coefficient (Wildman–Crippen LogP) is 2.81. The summed E-state index contributed by atoms with van der Waals surface area (Å²) in [4.78, 5) is 27.2. The summed E-state index contributed by atoms with van der Waals surface area (Å²) in [5, 5.41) is 13.9. The van der Waals surface area contributed by atoms with Crippen molar-refractivity contribution in [2.24, 2.45) is 0 Å². The van der Waals surface area contributed by atoms with Crippen molar-refractivity contribution in [2.75, 3.05) is 51.3 Å². The molecule has 154 valence electrons. The van der Waals surface area contributed by atoms with Crippen LogP contribution < -0.4 is 15.0 Å². The van der Waals surface area contributed by atoms with Crippen LogP contribution >= 0.6 is 11.6 Å². The molecule has 0 aliphatic carbocycles. The summed E-state index contributed by atoms with van der Waals surface area (Å²) < 4.78 is 5.19. The van der Waals surface area contributed by atoms with Gasteiger partial charge in [0, 0.05) is 57.1 Å². The zero-order valence-electron chi connectivity index (χ0n) is 16.1. The Kier molecular flexibility index (Phi) is 6.90. The number of nitro benzene ring substituents is 1. The zero-order valence-corrected chi connectivity index (χ0v) is 16.9. The van der Waals surface area contributed by atoms with Crippen LogP contribution in [0.25, 0.3) is 0 Å². The number of anilines is 1. The Morgan fingerprint density at radius 1 is 1.17 bits per heavy atom. The highest BCUT2D eigenvalue weighted by atomic mass is 35.5. The molecule has 0 aromatic heterocycles. The van der Waals surface area contributed by atoms with Crippen molar-refractivity contribution in [3.05, 3.63) is 63.2 Å². The minimum Gasteiger partial charge on any atom is -0.497 e. The molecule has 2 aromatic rings. The van der Waals surface area contributed by atoms with Crippen molar-refractivity contribution in [1.82, 2.24) is 10.2 Å². The van der Waals surface area contributed by atoms with Gasteiger partial charge in [0.05, 0.1) is 22.6 Å². The average molecular weight is 419 g/mol. The Balaban J connectivity index is 1.45. The second-order valence-corrected chi connectivity index (χ2v) is 7.11. The third-order valence-electron chi connectivity index (χ3n) is 4.93. The number of benzene rings is 2. The summed E-state index contributed by atoms with van der Waals surface area (Å²) >= 11 is 6.01. The van der Waals surface area contributed by atoms with Crippen LogP contribution in [0.2, 0.25) is 5.02 Å². The molecule has 0 spiro atoms. The molecule has 1 aliphatic heterocycles. The predicted molar refractivity (Wildman–Crippen MR) is 112 cm³/mol. The summed E-state index contributed by atoms with van der Waals surface area (Å²) in [5.41, 5.74) is 1.12. The fraction of sp³-hybridized carbons (Fsp3) is 0.350. The number of ether oxygens (including phenoxy) is 1. The van der Waals surface area contributed by atoms with Gasteiger partial charge in [-0.1, -0.05) is 11.6 Å². The maximum atomic E-state index is 12.3. The number of hydrogen-bond donors (Lipinski definition) is 1. The lowest BCUT2D eigenvalue weighted by molar-refractivity contribution is -0.384. The van der Waals surface area contributed by atoms with Crippen LogP contribution in [0.15, 0.2) is 42.5 Å². The van der Waals surface area contributed by atoms with Crippen LogP contribution in [0, 0.1) is 10.1 Å². The van der Waals surface area contributed by atoms with Gasteiger partial charge < -0.3 is 15.0 Å². The minimum atomic E-state index is -0.546. The molecule has 0 radical (unpaired) electrons. The highest BCUT2D eigenvalue weighted by Crippen LogP contribution is 2.22. The van der Waals surface area contributed by atoms with E-state index in [0.717, 1.165) is 31.9 Å². The third kappa shape index (κ3) is 5.36. The molecule has 1 N–H and O–H groups in total. The molecule has 2 aromatic carbocycles. The second kappa shape index (κ2) is 9.58. The van der Waals surface area contributed by atoms with Gasteiger partial charge in [0.25, 0.3) is 11.6 Å². The van der Waals surface area contributed by atoms with Crippen LogP contribution in [0.3, 0.4) is 0 Å². The number of non-ortho nitro benzene ring substituents is 1. The van der Waals surface area contributed by atoms with Gasteiger partial charge in [0.2, 0.25) is 0 Å². The van der Waals surface area contributed by atoms with Crippen molar-refractivity contribution < 1.29 is 14.5 Å². The quantitative estimate of drug-likeness (QED) is 0.549. The van der Waals surface area contributed by atoms with E-state index in [1.54, 1.807) is 7.11 Å². The lowest BCUT2D eigenvalue weighted by Gasteiger charge is -2.36.